The van der Waals surface area contributed by atoms with E-state index in [-0.39, 0.29) is 10.6 Å². The van der Waals surface area contributed by atoms with Gasteiger partial charge in [-0.25, -0.2) is 9.19 Å². The molecule has 3 rings (SSSR count). The number of pyridine rings is 1. The standard InChI is InChI=1S/C19H19ClN2O3S/c1-13-9-10-15-16(20)12-17(19(23)18(15)22-13)26(24)25-21-11-5-8-14-6-3-2-4-7-14/h2-4,6-7,9-10,12,21,23H,5,8,11H2,1H3. The predicted molar refractivity (Wildman–Crippen MR) is 103 cm³/mol. The fourth-order valence-corrected chi connectivity index (χ4v) is 3.66. The molecule has 136 valence electrons. The van der Waals surface area contributed by atoms with E-state index in [1.807, 2.05) is 18.2 Å². The van der Waals surface area contributed by atoms with E-state index in [0.717, 1.165) is 18.5 Å². The van der Waals surface area contributed by atoms with Crippen molar-refractivity contribution in [3.8, 4) is 5.75 Å². The maximum Gasteiger partial charge on any atom is 0.210 e. The number of hydroxylamine groups is 1. The number of halogens is 1. The van der Waals surface area contributed by atoms with Crippen molar-refractivity contribution in [1.82, 2.24) is 10.5 Å². The van der Waals surface area contributed by atoms with Crippen LogP contribution in [-0.4, -0.2) is 20.8 Å². The lowest BCUT2D eigenvalue weighted by atomic mass is 10.1. The van der Waals surface area contributed by atoms with Crippen LogP contribution in [0.5, 0.6) is 5.75 Å². The smallest absolute Gasteiger partial charge is 0.210 e. The summed E-state index contributed by atoms with van der Waals surface area (Å²) in [5.41, 5.74) is 4.96. The quantitative estimate of drug-likeness (QED) is 0.470. The number of hydrogen-bond acceptors (Lipinski definition) is 5. The molecule has 0 spiro atoms. The van der Waals surface area contributed by atoms with E-state index in [2.05, 4.69) is 22.6 Å². The monoisotopic (exact) mass is 390 g/mol. The molecular weight excluding hydrogens is 372 g/mol. The highest BCUT2D eigenvalue weighted by Crippen LogP contribution is 2.35. The molecule has 2 N–H and O–H groups in total. The lowest BCUT2D eigenvalue weighted by Crippen LogP contribution is -2.18. The zero-order chi connectivity index (χ0) is 18.5. The summed E-state index contributed by atoms with van der Waals surface area (Å²) in [6.45, 7) is 2.33. The number of hydrogen-bond donors (Lipinski definition) is 2. The summed E-state index contributed by atoms with van der Waals surface area (Å²) < 4.78 is 17.5. The molecule has 0 saturated heterocycles. The molecule has 0 radical (unpaired) electrons. The first-order chi connectivity index (χ1) is 12.6. The van der Waals surface area contributed by atoms with Crippen molar-refractivity contribution in [2.75, 3.05) is 6.54 Å². The molecule has 1 unspecified atom stereocenters. The summed E-state index contributed by atoms with van der Waals surface area (Å²) in [6, 6.07) is 15.1. The second-order valence-electron chi connectivity index (χ2n) is 5.86. The van der Waals surface area contributed by atoms with E-state index in [0.29, 0.717) is 22.5 Å². The number of phenolic OH excluding ortho intramolecular Hbond substituents is 1. The Labute approximate surface area is 159 Å². The van der Waals surface area contributed by atoms with E-state index in [1.165, 1.54) is 11.6 Å². The molecule has 0 bridgehead atoms. The number of aromatic nitrogens is 1. The zero-order valence-electron chi connectivity index (χ0n) is 14.2. The van der Waals surface area contributed by atoms with E-state index >= 15 is 0 Å². The molecule has 2 aromatic carbocycles. The van der Waals surface area contributed by atoms with Crippen LogP contribution in [0.4, 0.5) is 0 Å². The Morgan fingerprint density at radius 3 is 2.77 bits per heavy atom. The molecule has 0 aliphatic rings. The van der Waals surface area contributed by atoms with Gasteiger partial charge in [0.05, 0.1) is 5.02 Å². The van der Waals surface area contributed by atoms with Crippen molar-refractivity contribution in [3.05, 3.63) is 64.8 Å². The number of aromatic hydroxyl groups is 1. The molecule has 5 nitrogen and oxygen atoms in total. The number of benzene rings is 2. The second-order valence-corrected chi connectivity index (χ2v) is 7.34. The minimum absolute atomic E-state index is 0.0937. The van der Waals surface area contributed by atoms with Crippen LogP contribution in [0, 0.1) is 6.92 Å². The van der Waals surface area contributed by atoms with Crippen molar-refractivity contribution >= 4 is 33.6 Å². The van der Waals surface area contributed by atoms with Crippen LogP contribution < -0.4 is 5.48 Å². The summed E-state index contributed by atoms with van der Waals surface area (Å²) in [4.78, 5) is 4.37. The van der Waals surface area contributed by atoms with Crippen molar-refractivity contribution < 1.29 is 13.6 Å². The van der Waals surface area contributed by atoms with Gasteiger partial charge >= 0.3 is 0 Å². The van der Waals surface area contributed by atoms with Crippen LogP contribution in [0.3, 0.4) is 0 Å². The number of nitrogens with one attached hydrogen (secondary N) is 1. The van der Waals surface area contributed by atoms with Crippen LogP contribution >= 0.6 is 11.6 Å². The molecule has 1 atom stereocenters. The number of rotatable bonds is 7. The molecule has 0 amide bonds. The molecule has 1 aromatic heterocycles. The van der Waals surface area contributed by atoms with E-state index < -0.39 is 11.1 Å². The van der Waals surface area contributed by atoms with E-state index in [4.69, 9.17) is 15.9 Å². The molecular formula is C19H19ClN2O3S. The zero-order valence-corrected chi connectivity index (χ0v) is 15.8. The van der Waals surface area contributed by atoms with Gasteiger partial charge in [-0.05, 0) is 43.5 Å². The summed E-state index contributed by atoms with van der Waals surface area (Å²) >= 11 is 4.32. The van der Waals surface area contributed by atoms with Gasteiger partial charge in [-0.3, -0.25) is 0 Å². The van der Waals surface area contributed by atoms with Crippen molar-refractivity contribution in [1.29, 1.82) is 0 Å². The molecule has 0 aliphatic heterocycles. The van der Waals surface area contributed by atoms with Gasteiger partial charge < -0.3 is 5.11 Å². The molecule has 7 heteroatoms. The number of fused-ring (bicyclic) bond motifs is 1. The van der Waals surface area contributed by atoms with Crippen LogP contribution in [0.2, 0.25) is 5.02 Å². The molecule has 1 heterocycles. The summed E-state index contributed by atoms with van der Waals surface area (Å²) in [5.74, 6) is -0.183. The van der Waals surface area contributed by atoms with Gasteiger partial charge in [0.15, 0.2) is 5.75 Å². The van der Waals surface area contributed by atoms with Gasteiger partial charge in [0, 0.05) is 17.6 Å². The summed E-state index contributed by atoms with van der Waals surface area (Å²) in [6.07, 6.45) is 1.71. The minimum atomic E-state index is -1.90. The third-order valence-corrected chi connectivity index (χ3v) is 5.16. The van der Waals surface area contributed by atoms with E-state index in [1.54, 1.807) is 19.1 Å². The van der Waals surface area contributed by atoms with Gasteiger partial charge in [0.2, 0.25) is 11.1 Å². The normalized spacial score (nSPS) is 12.4. The molecule has 0 saturated carbocycles. The third kappa shape index (κ3) is 4.40. The lowest BCUT2D eigenvalue weighted by Gasteiger charge is -2.10. The third-order valence-electron chi connectivity index (χ3n) is 3.91. The van der Waals surface area contributed by atoms with Gasteiger partial charge in [-0.1, -0.05) is 41.9 Å². The average Bonchev–Trinajstić information content (AvgIpc) is 2.65. The first-order valence-corrected chi connectivity index (χ1v) is 9.66. The van der Waals surface area contributed by atoms with Crippen molar-refractivity contribution in [2.24, 2.45) is 0 Å². The summed E-state index contributed by atoms with van der Waals surface area (Å²) in [5, 5.41) is 11.4. The van der Waals surface area contributed by atoms with Crippen molar-refractivity contribution in [2.45, 2.75) is 24.7 Å². The Morgan fingerprint density at radius 1 is 1.23 bits per heavy atom. The largest absolute Gasteiger partial charge is 0.504 e. The fourth-order valence-electron chi connectivity index (χ4n) is 2.58. The van der Waals surface area contributed by atoms with Crippen LogP contribution in [-0.2, 0) is 21.8 Å². The summed E-state index contributed by atoms with van der Waals surface area (Å²) in [7, 11) is 0. The fraction of sp³-hybridized carbons (Fsp3) is 0.211. The van der Waals surface area contributed by atoms with Gasteiger partial charge in [0.1, 0.15) is 10.4 Å². The second kappa shape index (κ2) is 8.60. The highest BCUT2D eigenvalue weighted by atomic mass is 35.5. The number of aryl methyl sites for hydroxylation is 2. The van der Waals surface area contributed by atoms with Crippen LogP contribution in [0.1, 0.15) is 17.7 Å². The van der Waals surface area contributed by atoms with Gasteiger partial charge in [-0.15, -0.1) is 0 Å². The topological polar surface area (TPSA) is 71.5 Å². The Morgan fingerprint density at radius 2 is 2.00 bits per heavy atom. The number of phenols is 1. The highest BCUT2D eigenvalue weighted by Gasteiger charge is 2.17. The van der Waals surface area contributed by atoms with E-state index in [9.17, 15) is 9.32 Å². The molecule has 3 aromatic rings. The Hall–Kier alpha value is -1.99. The van der Waals surface area contributed by atoms with Crippen LogP contribution in [0.15, 0.2) is 53.4 Å². The SMILES string of the molecule is Cc1ccc2c(Cl)cc(S(=O)ONCCCc3ccccc3)c(O)c2n1. The lowest BCUT2D eigenvalue weighted by molar-refractivity contribution is 0.219. The Balaban J connectivity index is 1.62. The molecule has 0 fully saturated rings. The predicted octanol–water partition coefficient (Wildman–Crippen LogP) is 4.08. The maximum atomic E-state index is 12.4. The maximum absolute atomic E-state index is 12.4. The molecule has 0 aliphatic carbocycles. The van der Waals surface area contributed by atoms with Gasteiger partial charge in [-0.2, -0.15) is 9.76 Å². The number of nitrogens with zero attached hydrogens (tertiary/aromatic N) is 1. The van der Waals surface area contributed by atoms with Crippen molar-refractivity contribution in [3.63, 3.8) is 0 Å². The highest BCUT2D eigenvalue weighted by molar-refractivity contribution is 7.80. The van der Waals surface area contributed by atoms with Gasteiger partial charge in [0.25, 0.3) is 0 Å². The Bertz CT molecular complexity index is 935. The molecule has 26 heavy (non-hydrogen) atoms. The first-order valence-electron chi connectivity index (χ1n) is 8.21. The van der Waals surface area contributed by atoms with Crippen LogP contribution in [0.25, 0.3) is 10.9 Å². The Kier molecular flexibility index (Phi) is 6.21. The first kappa shape index (κ1) is 18.8. The minimum Gasteiger partial charge on any atom is -0.504 e. The average molecular weight is 391 g/mol.